The molecule has 3 aromatic rings. The van der Waals surface area contributed by atoms with Crippen molar-refractivity contribution in [3.8, 4) is 11.5 Å². The van der Waals surface area contributed by atoms with Gasteiger partial charge in [-0.3, -0.25) is 19.5 Å². The number of aromatic nitrogens is 1. The molecule has 1 aromatic heterocycles. The van der Waals surface area contributed by atoms with Crippen molar-refractivity contribution in [2.24, 2.45) is 0 Å². The van der Waals surface area contributed by atoms with Gasteiger partial charge in [-0.2, -0.15) is 0 Å². The molecule has 1 saturated heterocycles. The molecular weight excluding hydrogens is 501 g/mol. The van der Waals surface area contributed by atoms with E-state index in [-0.39, 0.29) is 11.3 Å². The maximum atomic E-state index is 13.2. The van der Waals surface area contributed by atoms with E-state index in [1.165, 1.54) is 18.3 Å². The van der Waals surface area contributed by atoms with Gasteiger partial charge in [0.1, 0.15) is 23.3 Å². The zero-order chi connectivity index (χ0) is 27.3. The van der Waals surface area contributed by atoms with Crippen LogP contribution in [0, 0.1) is 0 Å². The maximum Gasteiger partial charge on any atom is 0.573 e. The molecule has 10 heteroatoms. The highest BCUT2D eigenvalue weighted by Crippen LogP contribution is 2.42. The number of nitrogens with zero attached hydrogens (tertiary/aromatic N) is 2. The fourth-order valence-electron chi connectivity index (χ4n) is 4.13. The highest BCUT2D eigenvalue weighted by molar-refractivity contribution is 6.51. The van der Waals surface area contributed by atoms with E-state index in [1.54, 1.807) is 42.5 Å². The van der Waals surface area contributed by atoms with Gasteiger partial charge in [-0.25, -0.2) is 0 Å². The SMILES string of the molecule is CCCCCOc1ccc(/C(O)=C2/C(=O)C(=O)N(c3ccc(OC(F)(F)F)cc3)C2c2ccccn2)cc1. The Morgan fingerprint density at radius 3 is 2.26 bits per heavy atom. The molecule has 198 valence electrons. The van der Waals surface area contributed by atoms with E-state index in [0.29, 0.717) is 23.6 Å². The number of ether oxygens (including phenoxy) is 2. The molecule has 0 spiro atoms. The fourth-order valence-corrected chi connectivity index (χ4v) is 4.13. The number of aliphatic hydroxyl groups excluding tert-OH is 1. The Labute approximate surface area is 217 Å². The molecule has 1 N–H and O–H groups in total. The number of anilines is 1. The van der Waals surface area contributed by atoms with Crippen LogP contribution in [0.15, 0.2) is 78.5 Å². The summed E-state index contributed by atoms with van der Waals surface area (Å²) < 4.78 is 47.3. The first-order chi connectivity index (χ1) is 18.2. The molecule has 1 fully saturated rings. The van der Waals surface area contributed by atoms with Gasteiger partial charge in [0.2, 0.25) is 0 Å². The van der Waals surface area contributed by atoms with Gasteiger partial charge in [0.15, 0.2) is 0 Å². The summed E-state index contributed by atoms with van der Waals surface area (Å²) in [7, 11) is 0. The number of carbonyl (C=O) groups excluding carboxylic acids is 2. The zero-order valence-corrected chi connectivity index (χ0v) is 20.4. The molecule has 4 rings (SSSR count). The van der Waals surface area contributed by atoms with Crippen LogP contribution in [0.4, 0.5) is 18.9 Å². The van der Waals surface area contributed by atoms with Crippen molar-refractivity contribution in [3.05, 3.63) is 89.8 Å². The molecule has 7 nitrogen and oxygen atoms in total. The Morgan fingerprint density at radius 2 is 1.66 bits per heavy atom. The minimum atomic E-state index is -4.88. The van der Waals surface area contributed by atoms with Crippen molar-refractivity contribution in [3.63, 3.8) is 0 Å². The lowest BCUT2D eigenvalue weighted by atomic mass is 9.98. The van der Waals surface area contributed by atoms with Crippen molar-refractivity contribution >= 4 is 23.1 Å². The smallest absolute Gasteiger partial charge is 0.507 e. The van der Waals surface area contributed by atoms with Crippen LogP contribution < -0.4 is 14.4 Å². The first-order valence-electron chi connectivity index (χ1n) is 12.0. The summed E-state index contributed by atoms with van der Waals surface area (Å²) in [5.74, 6) is -2.20. The number of pyridine rings is 1. The Kier molecular flexibility index (Phi) is 7.99. The van der Waals surface area contributed by atoms with E-state index in [4.69, 9.17) is 4.74 Å². The summed E-state index contributed by atoms with van der Waals surface area (Å²) in [5, 5.41) is 11.2. The third kappa shape index (κ3) is 5.96. The second kappa shape index (κ2) is 11.4. The van der Waals surface area contributed by atoms with Gasteiger partial charge in [-0.1, -0.05) is 25.8 Å². The summed E-state index contributed by atoms with van der Waals surface area (Å²) in [4.78, 5) is 31.7. The number of hydrogen-bond acceptors (Lipinski definition) is 6. The number of unbranched alkanes of at least 4 members (excludes halogenated alkanes) is 2. The number of ketones is 1. The summed E-state index contributed by atoms with van der Waals surface area (Å²) in [6.07, 6.45) is -0.383. The van der Waals surface area contributed by atoms with E-state index in [1.807, 2.05) is 0 Å². The molecule has 1 unspecified atom stereocenters. The topological polar surface area (TPSA) is 89.0 Å². The maximum absolute atomic E-state index is 13.2. The second-order valence-corrected chi connectivity index (χ2v) is 8.55. The Bertz CT molecular complexity index is 1310. The molecule has 0 radical (unpaired) electrons. The van der Waals surface area contributed by atoms with Crippen LogP contribution in [0.3, 0.4) is 0 Å². The molecule has 38 heavy (non-hydrogen) atoms. The molecule has 2 aromatic carbocycles. The van der Waals surface area contributed by atoms with E-state index in [9.17, 15) is 27.9 Å². The number of rotatable bonds is 9. The monoisotopic (exact) mass is 526 g/mol. The Balaban J connectivity index is 1.70. The predicted molar refractivity (Wildman–Crippen MR) is 134 cm³/mol. The van der Waals surface area contributed by atoms with Gasteiger partial charge in [0, 0.05) is 17.4 Å². The minimum absolute atomic E-state index is 0.132. The van der Waals surface area contributed by atoms with E-state index in [2.05, 4.69) is 16.6 Å². The minimum Gasteiger partial charge on any atom is -0.507 e. The predicted octanol–water partition coefficient (Wildman–Crippen LogP) is 6.18. The van der Waals surface area contributed by atoms with Gasteiger partial charge >= 0.3 is 6.36 Å². The number of alkyl halides is 3. The standard InChI is InChI=1S/C28H25F3N2O5/c1-2-3-6-17-37-20-12-8-18(9-13-20)25(34)23-24(22-7-4-5-16-32-22)33(27(36)26(23)35)19-10-14-21(15-11-19)38-28(29,30)31/h4-5,7-16,24,34H,2-3,6,17H2,1H3/b25-23-. The average Bonchev–Trinajstić information content (AvgIpc) is 3.17. The van der Waals surface area contributed by atoms with Crippen LogP contribution in [0.2, 0.25) is 0 Å². The van der Waals surface area contributed by atoms with Crippen LogP contribution in [0.5, 0.6) is 11.5 Å². The molecule has 0 aliphatic carbocycles. The van der Waals surface area contributed by atoms with E-state index >= 15 is 0 Å². The molecule has 1 atom stereocenters. The van der Waals surface area contributed by atoms with Gasteiger partial charge in [-0.15, -0.1) is 13.2 Å². The lowest BCUT2D eigenvalue weighted by Gasteiger charge is -2.24. The Morgan fingerprint density at radius 1 is 0.974 bits per heavy atom. The molecule has 2 heterocycles. The number of benzene rings is 2. The van der Waals surface area contributed by atoms with E-state index in [0.717, 1.165) is 36.3 Å². The lowest BCUT2D eigenvalue weighted by molar-refractivity contribution is -0.274. The van der Waals surface area contributed by atoms with Gasteiger partial charge < -0.3 is 14.6 Å². The molecule has 0 bridgehead atoms. The van der Waals surface area contributed by atoms with E-state index < -0.39 is 35.6 Å². The summed E-state index contributed by atoms with van der Waals surface area (Å²) in [6, 6.07) is 14.8. The van der Waals surface area contributed by atoms with Gasteiger partial charge in [0.05, 0.1) is 17.9 Å². The summed E-state index contributed by atoms with van der Waals surface area (Å²) in [5.41, 5.74) is 0.520. The van der Waals surface area contributed by atoms with Crippen molar-refractivity contribution in [1.82, 2.24) is 4.98 Å². The first-order valence-corrected chi connectivity index (χ1v) is 12.0. The van der Waals surface area contributed by atoms with Crippen LogP contribution in [0.25, 0.3) is 5.76 Å². The summed E-state index contributed by atoms with van der Waals surface area (Å²) in [6.45, 7) is 2.65. The summed E-state index contributed by atoms with van der Waals surface area (Å²) >= 11 is 0. The largest absolute Gasteiger partial charge is 0.573 e. The number of carbonyl (C=O) groups is 2. The van der Waals surface area contributed by atoms with Gasteiger partial charge in [0.25, 0.3) is 11.7 Å². The Hall–Kier alpha value is -4.34. The first kappa shape index (κ1) is 26.7. The number of Topliss-reactive ketones (excluding diaryl/α,β-unsaturated/α-hetero) is 1. The molecule has 1 aliphatic heterocycles. The second-order valence-electron chi connectivity index (χ2n) is 8.55. The number of aliphatic hydroxyl groups is 1. The molecule has 1 amide bonds. The van der Waals surface area contributed by atoms with Gasteiger partial charge in [-0.05, 0) is 67.1 Å². The molecule has 0 saturated carbocycles. The zero-order valence-electron chi connectivity index (χ0n) is 20.4. The number of amides is 1. The molecular formula is C28H25F3N2O5. The highest BCUT2D eigenvalue weighted by Gasteiger charge is 2.47. The van der Waals surface area contributed by atoms with Crippen molar-refractivity contribution in [2.75, 3.05) is 11.5 Å². The average molecular weight is 527 g/mol. The number of halogens is 3. The number of hydrogen-bond donors (Lipinski definition) is 1. The quantitative estimate of drug-likeness (QED) is 0.155. The van der Waals surface area contributed by atoms with Crippen molar-refractivity contribution in [2.45, 2.75) is 38.6 Å². The van der Waals surface area contributed by atoms with Crippen molar-refractivity contribution in [1.29, 1.82) is 0 Å². The third-order valence-corrected chi connectivity index (χ3v) is 5.91. The molecule has 1 aliphatic rings. The lowest BCUT2D eigenvalue weighted by Crippen LogP contribution is -2.29. The van der Waals surface area contributed by atoms with Crippen LogP contribution in [-0.4, -0.2) is 34.8 Å². The van der Waals surface area contributed by atoms with Crippen LogP contribution in [-0.2, 0) is 9.59 Å². The fraction of sp³-hybridized carbons (Fsp3) is 0.250. The third-order valence-electron chi connectivity index (χ3n) is 5.91. The highest BCUT2D eigenvalue weighted by atomic mass is 19.4. The normalized spacial score (nSPS) is 17.1. The van der Waals surface area contributed by atoms with Crippen LogP contribution >= 0.6 is 0 Å². The van der Waals surface area contributed by atoms with Crippen molar-refractivity contribution < 1.29 is 37.3 Å². The van der Waals surface area contributed by atoms with Crippen LogP contribution in [0.1, 0.15) is 43.5 Å².